The lowest BCUT2D eigenvalue weighted by Gasteiger charge is -2.09. The first-order valence-electron chi connectivity index (χ1n) is 5.89. The Morgan fingerprint density at radius 3 is 2.63 bits per heavy atom. The van der Waals surface area contributed by atoms with Crippen LogP contribution in [0.3, 0.4) is 0 Å². The summed E-state index contributed by atoms with van der Waals surface area (Å²) in [4.78, 5) is 0. The van der Waals surface area contributed by atoms with Gasteiger partial charge in [-0.3, -0.25) is 0 Å². The van der Waals surface area contributed by atoms with Gasteiger partial charge in [-0.15, -0.1) is 0 Å². The Morgan fingerprint density at radius 2 is 1.95 bits per heavy atom. The van der Waals surface area contributed by atoms with Gasteiger partial charge in [0, 0.05) is 5.69 Å². The molecule has 0 aromatic heterocycles. The minimum atomic E-state index is -1.13. The highest BCUT2D eigenvalue weighted by Gasteiger charge is 2.13. The van der Waals surface area contributed by atoms with E-state index in [1.165, 1.54) is 12.1 Å². The van der Waals surface area contributed by atoms with Crippen molar-refractivity contribution in [2.24, 2.45) is 0 Å². The van der Waals surface area contributed by atoms with E-state index >= 15 is 0 Å². The van der Waals surface area contributed by atoms with Gasteiger partial charge in [-0.2, -0.15) is 5.26 Å². The zero-order valence-electron chi connectivity index (χ0n) is 10.4. The SMILES string of the molecule is CCc1cccc(Nc2ccc(C#N)c(F)c2F)c1. The molecule has 0 bridgehead atoms. The maximum atomic E-state index is 13.7. The van der Waals surface area contributed by atoms with Crippen LogP contribution >= 0.6 is 0 Å². The summed E-state index contributed by atoms with van der Waals surface area (Å²) in [5.74, 6) is -2.17. The second-order valence-electron chi connectivity index (χ2n) is 4.08. The van der Waals surface area contributed by atoms with Gasteiger partial charge in [0.05, 0.1) is 11.3 Å². The number of nitrogens with one attached hydrogen (secondary N) is 1. The van der Waals surface area contributed by atoms with E-state index in [9.17, 15) is 8.78 Å². The summed E-state index contributed by atoms with van der Waals surface area (Å²) in [5.41, 5.74) is 1.50. The van der Waals surface area contributed by atoms with Crippen LogP contribution in [0.5, 0.6) is 0 Å². The van der Waals surface area contributed by atoms with Crippen LogP contribution in [0.25, 0.3) is 0 Å². The second kappa shape index (κ2) is 5.49. The number of anilines is 2. The molecule has 0 saturated carbocycles. The molecular weight excluding hydrogens is 246 g/mol. The first kappa shape index (κ1) is 13.0. The third kappa shape index (κ3) is 2.71. The number of benzene rings is 2. The van der Waals surface area contributed by atoms with E-state index in [2.05, 4.69) is 5.32 Å². The molecule has 0 amide bonds. The Labute approximate surface area is 110 Å². The van der Waals surface area contributed by atoms with Gasteiger partial charge >= 0.3 is 0 Å². The fraction of sp³-hybridized carbons (Fsp3) is 0.133. The molecule has 0 spiro atoms. The highest BCUT2D eigenvalue weighted by atomic mass is 19.2. The average molecular weight is 258 g/mol. The molecule has 0 radical (unpaired) electrons. The molecule has 0 unspecified atom stereocenters. The summed E-state index contributed by atoms with van der Waals surface area (Å²) in [6.45, 7) is 2.01. The standard InChI is InChI=1S/C15H12F2N2/c1-2-10-4-3-5-12(8-10)19-13-7-6-11(9-18)14(16)15(13)17/h3-8,19H,2H2,1H3. The molecule has 2 aromatic rings. The van der Waals surface area contributed by atoms with E-state index in [1.54, 1.807) is 12.1 Å². The molecule has 0 saturated heterocycles. The van der Waals surface area contributed by atoms with E-state index in [4.69, 9.17) is 5.26 Å². The molecule has 0 aliphatic carbocycles. The molecule has 2 rings (SSSR count). The number of hydrogen-bond acceptors (Lipinski definition) is 2. The maximum Gasteiger partial charge on any atom is 0.183 e. The molecule has 96 valence electrons. The van der Waals surface area contributed by atoms with Crippen molar-refractivity contribution in [2.75, 3.05) is 5.32 Å². The normalized spacial score (nSPS) is 10.0. The van der Waals surface area contributed by atoms with E-state index < -0.39 is 11.6 Å². The third-order valence-corrected chi connectivity index (χ3v) is 2.82. The van der Waals surface area contributed by atoms with Gasteiger partial charge in [0.25, 0.3) is 0 Å². The predicted molar refractivity (Wildman–Crippen MR) is 70.2 cm³/mol. The van der Waals surface area contributed by atoms with Crippen LogP contribution in [-0.2, 0) is 6.42 Å². The minimum Gasteiger partial charge on any atom is -0.353 e. The van der Waals surface area contributed by atoms with Gasteiger partial charge in [-0.05, 0) is 36.2 Å². The summed E-state index contributed by atoms with van der Waals surface area (Å²) >= 11 is 0. The van der Waals surface area contributed by atoms with Crippen LogP contribution in [0, 0.1) is 23.0 Å². The molecule has 2 aromatic carbocycles. The summed E-state index contributed by atoms with van der Waals surface area (Å²) in [6, 6.07) is 11.7. The van der Waals surface area contributed by atoms with E-state index in [0.29, 0.717) is 5.69 Å². The van der Waals surface area contributed by atoms with Crippen molar-refractivity contribution in [2.45, 2.75) is 13.3 Å². The monoisotopic (exact) mass is 258 g/mol. The number of nitriles is 1. The largest absolute Gasteiger partial charge is 0.353 e. The van der Waals surface area contributed by atoms with Crippen LogP contribution in [0.4, 0.5) is 20.2 Å². The predicted octanol–water partition coefficient (Wildman–Crippen LogP) is 4.14. The number of nitrogens with zero attached hydrogens (tertiary/aromatic N) is 1. The zero-order valence-corrected chi connectivity index (χ0v) is 10.4. The van der Waals surface area contributed by atoms with Crippen molar-refractivity contribution in [3.63, 3.8) is 0 Å². The highest BCUT2D eigenvalue weighted by Crippen LogP contribution is 2.24. The second-order valence-corrected chi connectivity index (χ2v) is 4.08. The van der Waals surface area contributed by atoms with Gasteiger partial charge in [0.2, 0.25) is 0 Å². The third-order valence-electron chi connectivity index (χ3n) is 2.82. The molecule has 1 N–H and O–H groups in total. The fourth-order valence-corrected chi connectivity index (χ4v) is 1.76. The number of halogens is 2. The summed E-state index contributed by atoms with van der Waals surface area (Å²) < 4.78 is 27.2. The number of hydrogen-bond donors (Lipinski definition) is 1. The van der Waals surface area contributed by atoms with Crippen molar-refractivity contribution in [3.05, 3.63) is 59.2 Å². The molecule has 2 nitrogen and oxygen atoms in total. The fourth-order valence-electron chi connectivity index (χ4n) is 1.76. The van der Waals surface area contributed by atoms with E-state index in [-0.39, 0.29) is 11.3 Å². The Kier molecular flexibility index (Phi) is 3.76. The van der Waals surface area contributed by atoms with Gasteiger partial charge in [0.15, 0.2) is 11.6 Å². The molecule has 0 fully saturated rings. The molecule has 0 aliphatic heterocycles. The van der Waals surface area contributed by atoms with Crippen molar-refractivity contribution in [1.82, 2.24) is 0 Å². The first-order valence-corrected chi connectivity index (χ1v) is 5.89. The minimum absolute atomic E-state index is 0.0183. The molecule has 19 heavy (non-hydrogen) atoms. The number of rotatable bonds is 3. The van der Waals surface area contributed by atoms with Crippen LogP contribution < -0.4 is 5.32 Å². The Morgan fingerprint density at radius 1 is 1.16 bits per heavy atom. The van der Waals surface area contributed by atoms with Crippen molar-refractivity contribution >= 4 is 11.4 Å². The van der Waals surface area contributed by atoms with Gasteiger partial charge in [-0.25, -0.2) is 8.78 Å². The van der Waals surface area contributed by atoms with Crippen molar-refractivity contribution < 1.29 is 8.78 Å². The molecule has 0 atom stereocenters. The van der Waals surface area contributed by atoms with E-state index in [0.717, 1.165) is 12.0 Å². The Bertz CT molecular complexity index is 645. The topological polar surface area (TPSA) is 35.8 Å². The van der Waals surface area contributed by atoms with Gasteiger partial charge in [-0.1, -0.05) is 19.1 Å². The van der Waals surface area contributed by atoms with Crippen molar-refractivity contribution in [3.8, 4) is 6.07 Å². The lowest BCUT2D eigenvalue weighted by Crippen LogP contribution is -1.99. The zero-order chi connectivity index (χ0) is 13.8. The highest BCUT2D eigenvalue weighted by molar-refractivity contribution is 5.62. The average Bonchev–Trinajstić information content (AvgIpc) is 2.44. The quantitative estimate of drug-likeness (QED) is 0.898. The molecule has 4 heteroatoms. The summed E-state index contributed by atoms with van der Waals surface area (Å²) in [6.07, 6.45) is 0.861. The Hall–Kier alpha value is -2.41. The van der Waals surface area contributed by atoms with Crippen LogP contribution in [-0.4, -0.2) is 0 Å². The van der Waals surface area contributed by atoms with Crippen LogP contribution in [0.15, 0.2) is 36.4 Å². The van der Waals surface area contributed by atoms with E-state index in [1.807, 2.05) is 25.1 Å². The molecule has 0 heterocycles. The molecule has 0 aliphatic rings. The van der Waals surface area contributed by atoms with Crippen molar-refractivity contribution in [1.29, 1.82) is 5.26 Å². The van der Waals surface area contributed by atoms with Crippen LogP contribution in [0.2, 0.25) is 0 Å². The lowest BCUT2D eigenvalue weighted by molar-refractivity contribution is 0.509. The smallest absolute Gasteiger partial charge is 0.183 e. The maximum absolute atomic E-state index is 13.7. The lowest BCUT2D eigenvalue weighted by atomic mass is 10.1. The number of aryl methyl sites for hydroxylation is 1. The molecular formula is C15H12F2N2. The Balaban J connectivity index is 2.34. The first-order chi connectivity index (χ1) is 9.15. The summed E-state index contributed by atoms with van der Waals surface area (Å²) in [7, 11) is 0. The van der Waals surface area contributed by atoms with Gasteiger partial charge < -0.3 is 5.32 Å². The van der Waals surface area contributed by atoms with Gasteiger partial charge in [0.1, 0.15) is 6.07 Å². The summed E-state index contributed by atoms with van der Waals surface area (Å²) in [5, 5.41) is 11.4. The van der Waals surface area contributed by atoms with Crippen LogP contribution in [0.1, 0.15) is 18.1 Å².